The molecule has 0 aliphatic carbocycles. The van der Waals surface area contributed by atoms with Gasteiger partial charge in [-0.05, 0) is 49.6 Å². The maximum Gasteiger partial charge on any atom is 0.255 e. The van der Waals surface area contributed by atoms with Crippen molar-refractivity contribution in [3.05, 3.63) is 70.2 Å². The summed E-state index contributed by atoms with van der Waals surface area (Å²) in [5, 5.41) is 13.5. The third kappa shape index (κ3) is 3.48. The lowest BCUT2D eigenvalue weighted by Crippen LogP contribution is -2.29. The predicted octanol–water partition coefficient (Wildman–Crippen LogP) is 2.66. The van der Waals surface area contributed by atoms with Crippen molar-refractivity contribution in [3.8, 4) is 11.3 Å². The normalized spacial score (nSPS) is 13.3. The van der Waals surface area contributed by atoms with Crippen molar-refractivity contribution in [1.29, 1.82) is 0 Å². The molecule has 0 radical (unpaired) electrons. The highest BCUT2D eigenvalue weighted by atomic mass is 16.1. The molecule has 0 fully saturated rings. The second kappa shape index (κ2) is 7.32. The quantitative estimate of drug-likeness (QED) is 0.667. The third-order valence-electron chi connectivity index (χ3n) is 5.09. The minimum Gasteiger partial charge on any atom is -0.348 e. The number of fused-ring (bicyclic) bond motifs is 1. The molecule has 6 nitrogen and oxygen atoms in total. The van der Waals surface area contributed by atoms with Crippen molar-refractivity contribution >= 4 is 5.91 Å². The summed E-state index contributed by atoms with van der Waals surface area (Å²) < 4.78 is 0. The van der Waals surface area contributed by atoms with E-state index in [1.54, 1.807) is 6.20 Å². The minimum atomic E-state index is -0.133. The van der Waals surface area contributed by atoms with Crippen LogP contribution in [0.2, 0.25) is 0 Å². The van der Waals surface area contributed by atoms with Gasteiger partial charge in [-0.15, -0.1) is 0 Å². The van der Waals surface area contributed by atoms with Gasteiger partial charge in [-0.2, -0.15) is 5.10 Å². The number of aromatic nitrogens is 3. The highest BCUT2D eigenvalue weighted by Crippen LogP contribution is 2.23. The first kappa shape index (κ1) is 17.4. The number of carbonyl (C=O) groups is 1. The smallest absolute Gasteiger partial charge is 0.255 e. The van der Waals surface area contributed by atoms with E-state index < -0.39 is 0 Å². The van der Waals surface area contributed by atoms with Crippen LogP contribution in [0, 0.1) is 13.8 Å². The number of aromatic amines is 1. The number of carbonyl (C=O) groups excluding carboxylic acids is 1. The summed E-state index contributed by atoms with van der Waals surface area (Å²) >= 11 is 0. The maximum absolute atomic E-state index is 12.8. The van der Waals surface area contributed by atoms with Crippen LogP contribution in [0.15, 0.2) is 36.7 Å². The molecule has 1 amide bonds. The first-order chi connectivity index (χ1) is 13.1. The van der Waals surface area contributed by atoms with Gasteiger partial charge in [0.05, 0.1) is 17.5 Å². The number of aryl methyl sites for hydroxylation is 2. The Morgan fingerprint density at radius 2 is 2.15 bits per heavy atom. The Hall–Kier alpha value is -2.99. The number of nitrogens with one attached hydrogen (secondary N) is 3. The largest absolute Gasteiger partial charge is 0.348 e. The molecule has 27 heavy (non-hydrogen) atoms. The van der Waals surface area contributed by atoms with E-state index >= 15 is 0 Å². The number of hydrogen-bond acceptors (Lipinski definition) is 4. The van der Waals surface area contributed by atoms with Crippen LogP contribution in [0.5, 0.6) is 0 Å². The van der Waals surface area contributed by atoms with Crippen molar-refractivity contribution in [2.24, 2.45) is 0 Å². The van der Waals surface area contributed by atoms with Crippen molar-refractivity contribution in [2.75, 3.05) is 6.54 Å². The van der Waals surface area contributed by atoms with Crippen LogP contribution in [-0.2, 0) is 19.5 Å². The molecule has 4 rings (SSSR count). The minimum absolute atomic E-state index is 0.133. The topological polar surface area (TPSA) is 82.7 Å². The van der Waals surface area contributed by atoms with Crippen LogP contribution in [0.3, 0.4) is 0 Å². The summed E-state index contributed by atoms with van der Waals surface area (Å²) in [6.07, 6.45) is 4.49. The summed E-state index contributed by atoms with van der Waals surface area (Å²) in [5.74, 6) is -0.133. The van der Waals surface area contributed by atoms with Crippen molar-refractivity contribution in [2.45, 2.75) is 33.4 Å². The number of nitrogens with zero attached hydrogens (tertiary/aromatic N) is 2. The number of H-pyrrole nitrogens is 1. The van der Waals surface area contributed by atoms with Crippen molar-refractivity contribution in [3.63, 3.8) is 0 Å². The van der Waals surface area contributed by atoms with Gasteiger partial charge in [-0.3, -0.25) is 14.9 Å². The van der Waals surface area contributed by atoms with E-state index in [2.05, 4.69) is 25.8 Å². The molecule has 138 valence electrons. The van der Waals surface area contributed by atoms with Crippen LogP contribution in [-0.4, -0.2) is 27.6 Å². The molecule has 0 unspecified atom stereocenters. The maximum atomic E-state index is 12.8. The van der Waals surface area contributed by atoms with E-state index in [0.717, 1.165) is 47.6 Å². The van der Waals surface area contributed by atoms with Gasteiger partial charge < -0.3 is 10.6 Å². The average molecular weight is 361 g/mol. The Balaban J connectivity index is 1.56. The van der Waals surface area contributed by atoms with Gasteiger partial charge in [0.15, 0.2) is 0 Å². The lowest BCUT2D eigenvalue weighted by atomic mass is 9.96. The van der Waals surface area contributed by atoms with Crippen LogP contribution in [0.4, 0.5) is 0 Å². The zero-order valence-corrected chi connectivity index (χ0v) is 15.6. The first-order valence-electron chi connectivity index (χ1n) is 9.19. The van der Waals surface area contributed by atoms with E-state index in [9.17, 15) is 4.79 Å². The summed E-state index contributed by atoms with van der Waals surface area (Å²) in [6, 6.07) is 8.03. The predicted molar refractivity (Wildman–Crippen MR) is 104 cm³/mol. The SMILES string of the molecule is Cc1cccc(-c2[nH]ncc2C(=O)NCc2c(C)ncc3c2CCNC3)c1. The zero-order chi connectivity index (χ0) is 18.8. The molecular formula is C21H23N5O. The molecular weight excluding hydrogens is 338 g/mol. The molecule has 3 aromatic rings. The molecule has 0 atom stereocenters. The molecule has 0 spiro atoms. The van der Waals surface area contributed by atoms with E-state index in [1.165, 1.54) is 11.1 Å². The van der Waals surface area contributed by atoms with Crippen LogP contribution < -0.4 is 10.6 Å². The molecule has 1 aliphatic heterocycles. The van der Waals surface area contributed by atoms with Gasteiger partial charge >= 0.3 is 0 Å². The molecule has 0 saturated heterocycles. The third-order valence-corrected chi connectivity index (χ3v) is 5.09. The molecule has 3 N–H and O–H groups in total. The van der Waals surface area contributed by atoms with E-state index in [0.29, 0.717) is 12.1 Å². The molecule has 3 heterocycles. The van der Waals surface area contributed by atoms with Gasteiger partial charge in [-0.25, -0.2) is 0 Å². The van der Waals surface area contributed by atoms with Crippen LogP contribution >= 0.6 is 0 Å². The Labute approximate surface area is 158 Å². The van der Waals surface area contributed by atoms with Crippen LogP contribution in [0.1, 0.15) is 38.3 Å². The number of rotatable bonds is 4. The summed E-state index contributed by atoms with van der Waals surface area (Å²) in [7, 11) is 0. The second-order valence-electron chi connectivity index (χ2n) is 6.96. The summed E-state index contributed by atoms with van der Waals surface area (Å²) in [4.78, 5) is 17.3. The van der Waals surface area contributed by atoms with Gasteiger partial charge in [0.25, 0.3) is 5.91 Å². The van der Waals surface area contributed by atoms with Crippen LogP contribution in [0.25, 0.3) is 11.3 Å². The number of hydrogen-bond donors (Lipinski definition) is 3. The lowest BCUT2D eigenvalue weighted by Gasteiger charge is -2.21. The van der Waals surface area contributed by atoms with E-state index in [1.807, 2.05) is 44.3 Å². The Morgan fingerprint density at radius 1 is 1.26 bits per heavy atom. The number of benzene rings is 1. The van der Waals surface area contributed by atoms with Gasteiger partial charge in [0, 0.05) is 30.5 Å². The molecule has 1 aliphatic rings. The highest BCUT2D eigenvalue weighted by molar-refractivity contribution is 5.99. The Morgan fingerprint density at radius 3 is 3.00 bits per heavy atom. The average Bonchev–Trinajstić information content (AvgIpc) is 3.17. The fraction of sp³-hybridized carbons (Fsp3) is 0.286. The monoisotopic (exact) mass is 361 g/mol. The fourth-order valence-electron chi connectivity index (χ4n) is 3.62. The zero-order valence-electron chi connectivity index (χ0n) is 15.6. The van der Waals surface area contributed by atoms with E-state index in [-0.39, 0.29) is 5.91 Å². The second-order valence-corrected chi connectivity index (χ2v) is 6.96. The fourth-order valence-corrected chi connectivity index (χ4v) is 3.62. The first-order valence-corrected chi connectivity index (χ1v) is 9.19. The molecule has 0 bridgehead atoms. The van der Waals surface area contributed by atoms with Crippen molar-refractivity contribution < 1.29 is 4.79 Å². The molecule has 0 saturated carbocycles. The summed E-state index contributed by atoms with van der Waals surface area (Å²) in [6.45, 7) is 6.29. The lowest BCUT2D eigenvalue weighted by molar-refractivity contribution is 0.0951. The summed E-state index contributed by atoms with van der Waals surface area (Å²) in [5.41, 5.74) is 8.03. The number of pyridine rings is 1. The molecule has 2 aromatic heterocycles. The molecule has 6 heteroatoms. The number of amides is 1. The van der Waals surface area contributed by atoms with Gasteiger partial charge in [0.2, 0.25) is 0 Å². The van der Waals surface area contributed by atoms with Gasteiger partial charge in [0.1, 0.15) is 0 Å². The standard InChI is InChI=1S/C21H23N5O/c1-13-4-3-5-15(8-13)20-19(12-25-26-20)21(27)24-11-18-14(2)23-10-16-9-22-7-6-17(16)18/h3-5,8,10,12,22H,6-7,9,11H2,1-2H3,(H,24,27)(H,25,26). The van der Waals surface area contributed by atoms with Crippen molar-refractivity contribution in [1.82, 2.24) is 25.8 Å². The Bertz CT molecular complexity index is 992. The van der Waals surface area contributed by atoms with Gasteiger partial charge in [-0.1, -0.05) is 23.8 Å². The van der Waals surface area contributed by atoms with E-state index in [4.69, 9.17) is 0 Å². The molecule has 1 aromatic carbocycles. The Kier molecular flexibility index (Phi) is 4.73. The highest BCUT2D eigenvalue weighted by Gasteiger charge is 2.19.